The zero-order chi connectivity index (χ0) is 33.5. The molecular formula is C34H40N8O6. The molecule has 0 radical (unpaired) electrons. The molecule has 2 aliphatic rings. The van der Waals surface area contributed by atoms with Crippen molar-refractivity contribution in [3.63, 3.8) is 0 Å². The summed E-state index contributed by atoms with van der Waals surface area (Å²) in [4.78, 5) is 35.8. The number of hydrogen-bond acceptors (Lipinski definition) is 11. The number of nitrogens with one attached hydrogen (secondary N) is 2. The zero-order valence-electron chi connectivity index (χ0n) is 26.9. The molecule has 1 saturated heterocycles. The summed E-state index contributed by atoms with van der Waals surface area (Å²) >= 11 is 0. The van der Waals surface area contributed by atoms with E-state index in [0.29, 0.717) is 67.8 Å². The van der Waals surface area contributed by atoms with Gasteiger partial charge in [-0.1, -0.05) is 6.07 Å². The van der Waals surface area contributed by atoms with Crippen molar-refractivity contribution in [2.45, 2.75) is 37.8 Å². The van der Waals surface area contributed by atoms with E-state index in [1.54, 1.807) is 36.3 Å². The molecule has 1 aliphatic heterocycles. The Morgan fingerprint density at radius 1 is 1.08 bits per heavy atom. The van der Waals surface area contributed by atoms with Crippen LogP contribution in [0, 0.1) is 0 Å². The largest absolute Gasteiger partial charge is 0.494 e. The number of hydrogen-bond donors (Lipinski definition) is 4. The second-order valence-electron chi connectivity index (χ2n) is 11.8. The van der Waals surface area contributed by atoms with Crippen LogP contribution in [0.15, 0.2) is 60.9 Å². The first-order valence-electron chi connectivity index (χ1n) is 16.0. The van der Waals surface area contributed by atoms with Gasteiger partial charge in [-0.25, -0.2) is 4.98 Å². The molecule has 6 rings (SSSR count). The van der Waals surface area contributed by atoms with Crippen LogP contribution in [-0.2, 0) is 16.0 Å². The molecule has 2 aromatic carbocycles. The predicted molar refractivity (Wildman–Crippen MR) is 179 cm³/mol. The van der Waals surface area contributed by atoms with E-state index >= 15 is 0 Å². The third-order valence-electron chi connectivity index (χ3n) is 8.69. The Morgan fingerprint density at radius 2 is 1.88 bits per heavy atom. The van der Waals surface area contributed by atoms with Crippen molar-refractivity contribution in [3.05, 3.63) is 72.1 Å². The number of nitrogens with zero attached hydrogens (tertiary/aromatic N) is 5. The van der Waals surface area contributed by atoms with E-state index in [1.807, 2.05) is 35.1 Å². The minimum Gasteiger partial charge on any atom is -0.494 e. The molecule has 48 heavy (non-hydrogen) atoms. The monoisotopic (exact) mass is 656 g/mol. The molecule has 4 aromatic rings. The van der Waals surface area contributed by atoms with Crippen molar-refractivity contribution in [1.29, 1.82) is 0 Å². The average Bonchev–Trinajstić information content (AvgIpc) is 3.57. The van der Waals surface area contributed by atoms with Gasteiger partial charge in [0.1, 0.15) is 11.4 Å². The number of ether oxygens (including phenoxy) is 3. The van der Waals surface area contributed by atoms with Crippen LogP contribution in [0.2, 0.25) is 0 Å². The van der Waals surface area contributed by atoms with E-state index < -0.39 is 5.91 Å². The maximum absolute atomic E-state index is 12.8. The number of carbonyl (C=O) groups is 2. The molecule has 0 unspecified atom stereocenters. The van der Waals surface area contributed by atoms with Crippen LogP contribution in [0.4, 0.5) is 23.1 Å². The summed E-state index contributed by atoms with van der Waals surface area (Å²) in [5.74, 6) is 0.168. The maximum Gasteiger partial charge on any atom is 0.254 e. The lowest BCUT2D eigenvalue weighted by atomic mass is 9.77. The van der Waals surface area contributed by atoms with Gasteiger partial charge in [-0.2, -0.15) is 10.1 Å². The van der Waals surface area contributed by atoms with Crippen LogP contribution in [0.5, 0.6) is 5.75 Å². The standard InChI is InChI=1S/C34H40N8O6/c1-46-29-25(27-10-14-42(40-27)15-13-34(11-3-12-34)48-21-18-43)4-2-5-28(29)38-31-26(30(35)44)22-36-33(39-31)37-24-8-6-23(7-9-24)32(45)41-16-19-47-20-17-41/h2,4-10,14,22,43H,3,11-13,15-21H2,1H3,(H2,35,44)(H2,36,37,38,39). The van der Waals surface area contributed by atoms with Crippen molar-refractivity contribution < 1.29 is 28.9 Å². The van der Waals surface area contributed by atoms with Crippen molar-refractivity contribution in [1.82, 2.24) is 24.6 Å². The molecule has 3 heterocycles. The molecule has 2 fully saturated rings. The number of aromatic nitrogens is 4. The third kappa shape index (κ3) is 7.40. The van der Waals surface area contributed by atoms with Gasteiger partial charge in [-0.05, 0) is 68.1 Å². The fourth-order valence-corrected chi connectivity index (χ4v) is 5.92. The number of aliphatic hydroxyl groups excluding tert-OH is 1. The summed E-state index contributed by atoms with van der Waals surface area (Å²) in [7, 11) is 1.56. The Kier molecular flexibility index (Phi) is 10.1. The summed E-state index contributed by atoms with van der Waals surface area (Å²) < 4.78 is 19.0. The van der Waals surface area contributed by atoms with Gasteiger partial charge in [0, 0.05) is 48.8 Å². The SMILES string of the molecule is COc1c(Nc2nc(Nc3ccc(C(=O)N4CCOCC4)cc3)ncc2C(N)=O)cccc1-c1ccn(CCC2(OCCO)CCC2)n1. The van der Waals surface area contributed by atoms with Crippen LogP contribution in [-0.4, -0.2) is 93.8 Å². The number of morpholine rings is 1. The summed E-state index contributed by atoms with van der Waals surface area (Å²) in [5, 5.41) is 20.3. The lowest BCUT2D eigenvalue weighted by molar-refractivity contribution is -0.115. The number of aliphatic hydroxyl groups is 1. The highest BCUT2D eigenvalue weighted by atomic mass is 16.5. The third-order valence-corrected chi connectivity index (χ3v) is 8.69. The molecule has 5 N–H and O–H groups in total. The highest BCUT2D eigenvalue weighted by Crippen LogP contribution is 2.40. The quantitative estimate of drug-likeness (QED) is 0.155. The van der Waals surface area contributed by atoms with E-state index in [1.165, 1.54) is 6.20 Å². The number of anilines is 4. The van der Waals surface area contributed by atoms with Gasteiger partial charge in [0.15, 0.2) is 5.75 Å². The molecule has 2 aromatic heterocycles. The molecule has 1 saturated carbocycles. The fraction of sp³-hybridized carbons (Fsp3) is 0.382. The van der Waals surface area contributed by atoms with Gasteiger partial charge >= 0.3 is 0 Å². The molecule has 252 valence electrons. The number of rotatable bonds is 14. The van der Waals surface area contributed by atoms with Crippen LogP contribution >= 0.6 is 0 Å². The summed E-state index contributed by atoms with van der Waals surface area (Å²) in [6.45, 7) is 3.23. The summed E-state index contributed by atoms with van der Waals surface area (Å²) in [6.07, 6.45) is 7.18. The minimum absolute atomic E-state index is 0.0125. The number of aryl methyl sites for hydroxylation is 1. The van der Waals surface area contributed by atoms with Gasteiger partial charge in [-0.3, -0.25) is 14.3 Å². The summed E-state index contributed by atoms with van der Waals surface area (Å²) in [5.41, 5.74) is 8.82. The fourth-order valence-electron chi connectivity index (χ4n) is 5.92. The Hall–Kier alpha value is -5.05. The van der Waals surface area contributed by atoms with Crippen LogP contribution in [0.3, 0.4) is 0 Å². The van der Waals surface area contributed by atoms with Crippen LogP contribution in [0.1, 0.15) is 46.4 Å². The number of amides is 2. The first kappa shape index (κ1) is 32.9. The van der Waals surface area contributed by atoms with Gasteiger partial charge in [0.05, 0.1) is 50.5 Å². The van der Waals surface area contributed by atoms with E-state index in [0.717, 1.165) is 31.2 Å². The normalized spacial score (nSPS) is 15.4. The molecule has 2 amide bonds. The first-order chi connectivity index (χ1) is 23.4. The molecule has 14 nitrogen and oxygen atoms in total. The molecule has 1 aliphatic carbocycles. The Morgan fingerprint density at radius 3 is 2.56 bits per heavy atom. The molecule has 0 atom stereocenters. The number of para-hydroxylation sites is 1. The Balaban J connectivity index is 1.18. The lowest BCUT2D eigenvalue weighted by Gasteiger charge is -2.41. The Labute approximate surface area is 278 Å². The molecule has 0 bridgehead atoms. The highest BCUT2D eigenvalue weighted by Gasteiger charge is 2.37. The van der Waals surface area contributed by atoms with Gasteiger partial charge in [-0.15, -0.1) is 0 Å². The topological polar surface area (TPSA) is 179 Å². The molecule has 14 heteroatoms. The lowest BCUT2D eigenvalue weighted by Crippen LogP contribution is -2.41. The van der Waals surface area contributed by atoms with Crippen molar-refractivity contribution in [2.75, 3.05) is 57.3 Å². The first-order valence-corrected chi connectivity index (χ1v) is 16.0. The van der Waals surface area contributed by atoms with Crippen LogP contribution < -0.4 is 21.1 Å². The second kappa shape index (κ2) is 14.8. The molecular weight excluding hydrogens is 616 g/mol. The van der Waals surface area contributed by atoms with Gasteiger partial charge < -0.3 is 40.6 Å². The van der Waals surface area contributed by atoms with Crippen molar-refractivity contribution in [2.24, 2.45) is 5.73 Å². The minimum atomic E-state index is -0.698. The zero-order valence-corrected chi connectivity index (χ0v) is 26.9. The van der Waals surface area contributed by atoms with Crippen LogP contribution in [0.25, 0.3) is 11.3 Å². The smallest absolute Gasteiger partial charge is 0.254 e. The van der Waals surface area contributed by atoms with Gasteiger partial charge in [0.25, 0.3) is 11.8 Å². The number of primary amides is 1. The highest BCUT2D eigenvalue weighted by molar-refractivity contribution is 5.98. The predicted octanol–water partition coefficient (Wildman–Crippen LogP) is 3.73. The van der Waals surface area contributed by atoms with E-state index in [9.17, 15) is 14.7 Å². The second-order valence-corrected chi connectivity index (χ2v) is 11.8. The maximum atomic E-state index is 12.8. The van der Waals surface area contributed by atoms with Gasteiger partial charge in [0.2, 0.25) is 5.95 Å². The number of carbonyl (C=O) groups excluding carboxylic acids is 2. The molecule has 0 spiro atoms. The van der Waals surface area contributed by atoms with E-state index in [-0.39, 0.29) is 35.4 Å². The average molecular weight is 657 g/mol. The Bertz CT molecular complexity index is 1730. The number of benzene rings is 2. The number of nitrogens with two attached hydrogens (primary N) is 1. The van der Waals surface area contributed by atoms with E-state index in [2.05, 4.69) is 20.6 Å². The summed E-state index contributed by atoms with van der Waals surface area (Å²) in [6, 6.07) is 14.5. The van der Waals surface area contributed by atoms with Crippen molar-refractivity contribution >= 4 is 35.0 Å². The number of methoxy groups -OCH3 is 1. The van der Waals surface area contributed by atoms with Crippen molar-refractivity contribution in [3.8, 4) is 17.0 Å². The van der Waals surface area contributed by atoms with E-state index in [4.69, 9.17) is 25.0 Å².